The Morgan fingerprint density at radius 3 is 2.52 bits per heavy atom. The summed E-state index contributed by atoms with van der Waals surface area (Å²) in [6, 6.07) is 6.54. The van der Waals surface area contributed by atoms with Crippen LogP contribution in [-0.4, -0.2) is 21.9 Å². The molecule has 0 bridgehead atoms. The van der Waals surface area contributed by atoms with E-state index in [0.29, 0.717) is 4.88 Å². The molecule has 0 spiro atoms. The van der Waals surface area contributed by atoms with Crippen LogP contribution in [0, 0.1) is 10.1 Å². The van der Waals surface area contributed by atoms with E-state index >= 15 is 0 Å². The lowest BCUT2D eigenvalue weighted by Gasteiger charge is -2.05. The lowest BCUT2D eigenvalue weighted by Crippen LogP contribution is -2.12. The van der Waals surface area contributed by atoms with Crippen molar-refractivity contribution in [3.8, 4) is 0 Å². The van der Waals surface area contributed by atoms with Crippen LogP contribution in [0.1, 0.15) is 20.0 Å². The van der Waals surface area contributed by atoms with Gasteiger partial charge in [-0.05, 0) is 40.2 Å². The molecule has 2 N–H and O–H groups in total. The highest BCUT2D eigenvalue weighted by molar-refractivity contribution is 9.11. The highest BCUT2D eigenvalue weighted by Gasteiger charge is 2.20. The van der Waals surface area contributed by atoms with Gasteiger partial charge in [-0.3, -0.25) is 14.9 Å². The molecular formula is C12H7BrN2O5S. The minimum Gasteiger partial charge on any atom is -0.478 e. The number of nitro benzene ring substituents is 1. The van der Waals surface area contributed by atoms with Gasteiger partial charge in [-0.2, -0.15) is 0 Å². The van der Waals surface area contributed by atoms with Crippen molar-refractivity contribution >= 4 is 50.5 Å². The number of carboxylic acid groups (broad SMARTS) is 1. The number of benzene rings is 1. The Morgan fingerprint density at radius 1 is 1.29 bits per heavy atom. The molecular weight excluding hydrogens is 364 g/mol. The molecule has 0 fully saturated rings. The van der Waals surface area contributed by atoms with Gasteiger partial charge in [-0.15, -0.1) is 11.3 Å². The van der Waals surface area contributed by atoms with Gasteiger partial charge >= 0.3 is 5.97 Å². The number of hydrogen-bond donors (Lipinski definition) is 2. The Morgan fingerprint density at radius 2 is 2.00 bits per heavy atom. The third-order valence-corrected chi connectivity index (χ3v) is 4.11. The molecule has 1 aromatic carbocycles. The van der Waals surface area contributed by atoms with Crippen LogP contribution in [0.5, 0.6) is 0 Å². The number of nitro groups is 1. The predicted octanol–water partition coefficient (Wildman–Crippen LogP) is 3.37. The van der Waals surface area contributed by atoms with E-state index in [1.165, 1.54) is 23.5 Å². The summed E-state index contributed by atoms with van der Waals surface area (Å²) in [5, 5.41) is 22.2. The normalized spacial score (nSPS) is 10.1. The van der Waals surface area contributed by atoms with E-state index in [2.05, 4.69) is 21.2 Å². The number of carboxylic acids is 1. The van der Waals surface area contributed by atoms with Crippen molar-refractivity contribution in [3.63, 3.8) is 0 Å². The molecule has 0 saturated heterocycles. The van der Waals surface area contributed by atoms with E-state index in [4.69, 9.17) is 5.11 Å². The molecule has 1 amide bonds. The number of rotatable bonds is 4. The summed E-state index contributed by atoms with van der Waals surface area (Å²) >= 11 is 4.39. The molecule has 0 unspecified atom stereocenters. The molecule has 2 aromatic rings. The fraction of sp³-hybridized carbons (Fsp3) is 0. The summed E-state index contributed by atoms with van der Waals surface area (Å²) in [5.74, 6) is -1.78. The van der Waals surface area contributed by atoms with Crippen molar-refractivity contribution in [1.29, 1.82) is 0 Å². The third kappa shape index (κ3) is 3.44. The maximum atomic E-state index is 12.0. The number of thiophene rings is 1. The van der Waals surface area contributed by atoms with E-state index in [9.17, 15) is 19.7 Å². The quantitative estimate of drug-likeness (QED) is 0.633. The van der Waals surface area contributed by atoms with E-state index < -0.39 is 22.5 Å². The van der Waals surface area contributed by atoms with Crippen molar-refractivity contribution in [2.45, 2.75) is 0 Å². The summed E-state index contributed by atoms with van der Waals surface area (Å²) in [4.78, 5) is 33.4. The number of anilines is 1. The first-order chi connectivity index (χ1) is 9.88. The number of hydrogen-bond acceptors (Lipinski definition) is 5. The molecule has 108 valence electrons. The topological polar surface area (TPSA) is 110 Å². The van der Waals surface area contributed by atoms with E-state index in [1.807, 2.05) is 0 Å². The summed E-state index contributed by atoms with van der Waals surface area (Å²) < 4.78 is 0.753. The molecule has 21 heavy (non-hydrogen) atoms. The molecule has 0 radical (unpaired) electrons. The first-order valence-electron chi connectivity index (χ1n) is 5.47. The van der Waals surface area contributed by atoms with Crippen LogP contribution in [-0.2, 0) is 0 Å². The van der Waals surface area contributed by atoms with Crippen molar-refractivity contribution in [2.24, 2.45) is 0 Å². The largest absolute Gasteiger partial charge is 0.478 e. The Hall–Kier alpha value is -2.26. The Balaban J connectivity index is 2.33. The van der Waals surface area contributed by atoms with Crippen LogP contribution in [0.3, 0.4) is 0 Å². The van der Waals surface area contributed by atoms with Gasteiger partial charge in [-0.1, -0.05) is 0 Å². The molecule has 7 nitrogen and oxygen atoms in total. The van der Waals surface area contributed by atoms with Gasteiger partial charge in [0.05, 0.1) is 19.2 Å². The first-order valence-corrected chi connectivity index (χ1v) is 7.08. The van der Waals surface area contributed by atoms with Crippen molar-refractivity contribution in [1.82, 2.24) is 0 Å². The Labute approximate surface area is 130 Å². The van der Waals surface area contributed by atoms with Gasteiger partial charge in [0.15, 0.2) is 0 Å². The lowest BCUT2D eigenvalue weighted by molar-refractivity contribution is -0.383. The van der Waals surface area contributed by atoms with Crippen molar-refractivity contribution in [3.05, 3.63) is 54.7 Å². The van der Waals surface area contributed by atoms with E-state index in [0.717, 1.165) is 9.85 Å². The standard InChI is InChI=1S/C12H7BrN2O5S/c13-10-4-3-9(21-10)11(16)14-7-2-1-6(12(17)18)5-8(7)15(19)20/h1-5H,(H,14,16)(H,17,18). The van der Waals surface area contributed by atoms with Crippen LogP contribution in [0.25, 0.3) is 0 Å². The van der Waals surface area contributed by atoms with E-state index in [1.54, 1.807) is 12.1 Å². The second kappa shape index (κ2) is 6.02. The zero-order valence-electron chi connectivity index (χ0n) is 10.2. The van der Waals surface area contributed by atoms with E-state index in [-0.39, 0.29) is 11.3 Å². The van der Waals surface area contributed by atoms with Crippen LogP contribution < -0.4 is 5.32 Å². The molecule has 0 saturated carbocycles. The smallest absolute Gasteiger partial charge is 0.335 e. The Bertz CT molecular complexity index is 743. The van der Waals surface area contributed by atoms with Gasteiger partial charge in [0, 0.05) is 6.07 Å². The zero-order valence-corrected chi connectivity index (χ0v) is 12.6. The average Bonchev–Trinajstić information content (AvgIpc) is 2.85. The molecule has 0 aliphatic heterocycles. The highest BCUT2D eigenvalue weighted by Crippen LogP contribution is 2.28. The first kappa shape index (κ1) is 15.1. The van der Waals surface area contributed by atoms with Gasteiger partial charge in [0.1, 0.15) is 5.69 Å². The predicted molar refractivity (Wildman–Crippen MR) is 80.0 cm³/mol. The number of nitrogens with one attached hydrogen (secondary N) is 1. The molecule has 1 heterocycles. The average molecular weight is 371 g/mol. The highest BCUT2D eigenvalue weighted by atomic mass is 79.9. The van der Waals surface area contributed by atoms with Crippen LogP contribution in [0.15, 0.2) is 34.1 Å². The summed E-state index contributed by atoms with van der Waals surface area (Å²) in [6.07, 6.45) is 0. The van der Waals surface area contributed by atoms with Crippen molar-refractivity contribution in [2.75, 3.05) is 5.32 Å². The minimum atomic E-state index is -1.28. The SMILES string of the molecule is O=C(O)c1ccc(NC(=O)c2ccc(Br)s2)c([N+](=O)[O-])c1. The number of halogens is 1. The second-order valence-corrected chi connectivity index (χ2v) is 6.32. The lowest BCUT2D eigenvalue weighted by atomic mass is 10.1. The minimum absolute atomic E-state index is 0.0560. The van der Waals surface area contributed by atoms with Gasteiger partial charge in [0.2, 0.25) is 0 Å². The fourth-order valence-corrected chi connectivity index (χ4v) is 2.82. The molecule has 9 heteroatoms. The maximum Gasteiger partial charge on any atom is 0.335 e. The maximum absolute atomic E-state index is 12.0. The van der Waals surface area contributed by atoms with Crippen LogP contribution in [0.4, 0.5) is 11.4 Å². The number of aromatic carboxylic acids is 1. The second-order valence-electron chi connectivity index (χ2n) is 3.85. The van der Waals surface area contributed by atoms with Crippen LogP contribution in [0.2, 0.25) is 0 Å². The molecule has 0 atom stereocenters. The van der Waals surface area contributed by atoms with Crippen LogP contribution >= 0.6 is 27.3 Å². The summed E-state index contributed by atoms with van der Waals surface area (Å²) in [5.41, 5.74) is -0.753. The van der Waals surface area contributed by atoms with Gasteiger partial charge in [-0.25, -0.2) is 4.79 Å². The molecule has 2 rings (SSSR count). The number of carbonyl (C=O) groups excluding carboxylic acids is 1. The summed E-state index contributed by atoms with van der Waals surface area (Å²) in [7, 11) is 0. The fourth-order valence-electron chi connectivity index (χ4n) is 1.54. The van der Waals surface area contributed by atoms with Gasteiger partial charge < -0.3 is 10.4 Å². The summed E-state index contributed by atoms with van der Waals surface area (Å²) in [6.45, 7) is 0. The van der Waals surface area contributed by atoms with Crippen molar-refractivity contribution < 1.29 is 19.6 Å². The molecule has 1 aromatic heterocycles. The molecule has 0 aliphatic rings. The number of carbonyl (C=O) groups is 2. The van der Waals surface area contributed by atoms with Gasteiger partial charge in [0.25, 0.3) is 11.6 Å². The third-order valence-electron chi connectivity index (χ3n) is 2.49. The molecule has 0 aliphatic carbocycles. The Kier molecular flexibility index (Phi) is 4.34. The zero-order chi connectivity index (χ0) is 15.6. The number of nitrogens with zero attached hydrogens (tertiary/aromatic N) is 1. The monoisotopic (exact) mass is 370 g/mol. The number of amides is 1.